The van der Waals surface area contributed by atoms with Gasteiger partial charge in [-0.15, -0.1) is 0 Å². The van der Waals surface area contributed by atoms with Crippen molar-refractivity contribution < 1.29 is 4.79 Å². The molecule has 0 aromatic carbocycles. The molecule has 1 aromatic heterocycles. The van der Waals surface area contributed by atoms with Crippen molar-refractivity contribution in [2.24, 2.45) is 0 Å². The van der Waals surface area contributed by atoms with Gasteiger partial charge in [-0.1, -0.05) is 0 Å². The van der Waals surface area contributed by atoms with Crippen molar-refractivity contribution in [1.82, 2.24) is 0 Å². The van der Waals surface area contributed by atoms with E-state index in [0.29, 0.717) is 0 Å². The third-order valence-corrected chi connectivity index (χ3v) is 3.49. The minimum absolute atomic E-state index is 0.266. The summed E-state index contributed by atoms with van der Waals surface area (Å²) in [6.45, 7) is 0. The normalized spacial score (nSPS) is 9.12. The van der Waals surface area contributed by atoms with Crippen molar-refractivity contribution in [3.8, 4) is 0 Å². The predicted molar refractivity (Wildman–Crippen MR) is 36.5 cm³/mol. The van der Waals surface area contributed by atoms with E-state index in [-0.39, 0.29) is 14.5 Å². The molecule has 0 unspecified atom stereocenters. The maximum absolute atomic E-state index is 10.0. The summed E-state index contributed by atoms with van der Waals surface area (Å²) in [5, 5.41) is 0. The number of aldehydes is 1. The van der Waals surface area contributed by atoms with Gasteiger partial charge in [-0.25, -0.2) is 0 Å². The van der Waals surface area contributed by atoms with E-state index >= 15 is 0 Å². The zero-order valence-electron chi connectivity index (χ0n) is 3.93. The molecule has 0 bridgehead atoms. The second-order valence-corrected chi connectivity index (χ2v) is 5.64. The van der Waals surface area contributed by atoms with Crippen LogP contribution < -0.4 is 0 Å². The van der Waals surface area contributed by atoms with Gasteiger partial charge in [-0.05, 0) is 0 Å². The van der Waals surface area contributed by atoms with Gasteiger partial charge in [0.15, 0.2) is 0 Å². The van der Waals surface area contributed by atoms with Crippen LogP contribution in [0.15, 0.2) is 15.5 Å². The van der Waals surface area contributed by atoms with E-state index in [4.69, 9.17) is 0 Å². The number of carbonyl (C=O) groups excluding carboxylic acids is 1. The van der Waals surface area contributed by atoms with Crippen LogP contribution in [0.1, 0.15) is 9.23 Å². The zero-order valence-corrected chi connectivity index (χ0v) is 7.23. The Kier molecular flexibility index (Phi) is 2.06. The maximum atomic E-state index is 10.0. The Morgan fingerprint density at radius 1 is 1.62 bits per heavy atom. The van der Waals surface area contributed by atoms with Gasteiger partial charge >= 0.3 is 61.4 Å². The van der Waals surface area contributed by atoms with E-state index in [1.807, 2.05) is 12.1 Å². The van der Waals surface area contributed by atoms with Crippen molar-refractivity contribution in [3.05, 3.63) is 19.9 Å². The first-order valence-corrected chi connectivity index (χ1v) is 4.54. The minimum atomic E-state index is 0.266. The van der Waals surface area contributed by atoms with Crippen molar-refractivity contribution >= 4 is 36.7 Å². The summed E-state index contributed by atoms with van der Waals surface area (Å²) in [6, 6.07) is 3.76. The molecule has 1 heterocycles. The van der Waals surface area contributed by atoms with Gasteiger partial charge in [0.25, 0.3) is 0 Å². The molecule has 0 saturated heterocycles. The summed E-state index contributed by atoms with van der Waals surface area (Å²) in [4.78, 5) is 10.0. The molecule has 42 valence electrons. The van der Waals surface area contributed by atoms with Gasteiger partial charge in [0, 0.05) is 0 Å². The molecular formula is C5H3BrOSe. The molecule has 1 aromatic rings. The molecule has 3 heteroatoms. The molecule has 0 saturated carbocycles. The van der Waals surface area contributed by atoms with Crippen LogP contribution in [0.25, 0.3) is 0 Å². The summed E-state index contributed by atoms with van der Waals surface area (Å²) in [7, 11) is 0. The van der Waals surface area contributed by atoms with E-state index in [1.54, 1.807) is 0 Å². The molecule has 0 aliphatic carbocycles. The Labute approximate surface area is 61.6 Å². The second kappa shape index (κ2) is 2.62. The molecular weight excluding hydrogens is 235 g/mol. The molecule has 0 amide bonds. The molecule has 0 atom stereocenters. The first kappa shape index (κ1) is 6.27. The fraction of sp³-hybridized carbons (Fsp3) is 0. The number of carbonyl (C=O) groups is 1. The third kappa shape index (κ3) is 1.31. The van der Waals surface area contributed by atoms with Crippen molar-refractivity contribution in [2.75, 3.05) is 0 Å². The topological polar surface area (TPSA) is 17.1 Å². The van der Waals surface area contributed by atoms with E-state index < -0.39 is 0 Å². The van der Waals surface area contributed by atoms with E-state index in [1.165, 1.54) is 0 Å². The van der Waals surface area contributed by atoms with Crippen LogP contribution in [0.3, 0.4) is 0 Å². The molecule has 0 spiro atoms. The Balaban J connectivity index is 3.00. The molecule has 8 heavy (non-hydrogen) atoms. The zero-order chi connectivity index (χ0) is 5.98. The van der Waals surface area contributed by atoms with Crippen LogP contribution >= 0.6 is 15.9 Å². The average Bonchev–Trinajstić information content (AvgIpc) is 2.14. The first-order valence-electron chi connectivity index (χ1n) is 2.03. The SMILES string of the molecule is O=Cc1ccc(Br)[se]1. The molecule has 1 nitrogen and oxygen atoms in total. The van der Waals surface area contributed by atoms with Crippen molar-refractivity contribution in [3.63, 3.8) is 0 Å². The molecule has 0 radical (unpaired) electrons. The fourth-order valence-electron chi connectivity index (χ4n) is 0.392. The van der Waals surface area contributed by atoms with Crippen LogP contribution in [-0.4, -0.2) is 20.8 Å². The van der Waals surface area contributed by atoms with Crippen LogP contribution in [0.5, 0.6) is 0 Å². The molecule has 0 aliphatic rings. The average molecular weight is 238 g/mol. The Morgan fingerprint density at radius 3 is 2.62 bits per heavy atom. The summed E-state index contributed by atoms with van der Waals surface area (Å²) in [5.74, 6) is 0. The summed E-state index contributed by atoms with van der Waals surface area (Å²) in [6.07, 6.45) is 0.907. The molecule has 0 N–H and O–H groups in total. The van der Waals surface area contributed by atoms with Gasteiger partial charge < -0.3 is 0 Å². The summed E-state index contributed by atoms with van der Waals surface area (Å²) in [5.41, 5.74) is 0. The van der Waals surface area contributed by atoms with Crippen LogP contribution in [0.2, 0.25) is 0 Å². The van der Waals surface area contributed by atoms with Crippen molar-refractivity contribution in [1.29, 1.82) is 0 Å². The van der Waals surface area contributed by atoms with E-state index in [9.17, 15) is 4.79 Å². The van der Waals surface area contributed by atoms with Gasteiger partial charge in [0.05, 0.1) is 0 Å². The van der Waals surface area contributed by atoms with Crippen LogP contribution in [-0.2, 0) is 0 Å². The number of rotatable bonds is 1. The summed E-state index contributed by atoms with van der Waals surface area (Å²) >= 11 is 3.56. The van der Waals surface area contributed by atoms with Gasteiger partial charge in [-0.3, -0.25) is 0 Å². The van der Waals surface area contributed by atoms with Crippen LogP contribution in [0.4, 0.5) is 0 Å². The van der Waals surface area contributed by atoms with E-state index in [2.05, 4.69) is 15.9 Å². The quantitative estimate of drug-likeness (QED) is 0.532. The van der Waals surface area contributed by atoms with Gasteiger partial charge in [-0.2, -0.15) is 0 Å². The van der Waals surface area contributed by atoms with Crippen molar-refractivity contribution in [2.45, 2.75) is 0 Å². The molecule has 0 fully saturated rings. The van der Waals surface area contributed by atoms with Crippen LogP contribution in [0, 0.1) is 0 Å². The third-order valence-electron chi connectivity index (χ3n) is 0.710. The number of hydrogen-bond acceptors (Lipinski definition) is 1. The fourth-order valence-corrected chi connectivity index (χ4v) is 2.64. The Morgan fingerprint density at radius 2 is 2.38 bits per heavy atom. The standard InChI is InChI=1S/C5H3BrOSe/c6-5-2-1-4(3-7)8-5/h1-3H. The monoisotopic (exact) mass is 238 g/mol. The number of hydrogen-bond donors (Lipinski definition) is 0. The molecule has 0 aliphatic heterocycles. The van der Waals surface area contributed by atoms with Gasteiger partial charge in [0.2, 0.25) is 0 Å². The Bertz CT molecular complexity index is 194. The predicted octanol–water partition coefficient (Wildman–Crippen LogP) is 1.32. The first-order chi connectivity index (χ1) is 3.83. The van der Waals surface area contributed by atoms with E-state index in [0.717, 1.165) is 14.1 Å². The molecule has 1 rings (SSSR count). The van der Waals surface area contributed by atoms with Gasteiger partial charge in [0.1, 0.15) is 0 Å². The Hall–Kier alpha value is 0.149. The number of halogens is 1. The second-order valence-electron chi connectivity index (χ2n) is 1.26. The summed E-state index contributed by atoms with van der Waals surface area (Å²) < 4.78 is 2.05.